The number of likely N-dealkylation sites (N-methyl/N-ethyl adjacent to an activating group) is 1. The van der Waals surface area contributed by atoms with E-state index in [1.54, 1.807) is 0 Å². The maximum absolute atomic E-state index is 4.90. The third-order valence-electron chi connectivity index (χ3n) is 5.48. The Labute approximate surface area is 129 Å². The molecule has 2 saturated carbocycles. The topological polar surface area (TPSA) is 29.9 Å². The fourth-order valence-electron chi connectivity index (χ4n) is 4.29. The Morgan fingerprint density at radius 3 is 2.57 bits per heavy atom. The molecule has 3 heteroatoms. The Kier molecular flexibility index (Phi) is 5.34. The van der Waals surface area contributed by atoms with E-state index in [1.165, 1.54) is 63.5 Å². The summed E-state index contributed by atoms with van der Waals surface area (Å²) >= 11 is 0. The molecule has 1 aromatic heterocycles. The van der Waals surface area contributed by atoms with Gasteiger partial charge < -0.3 is 5.32 Å². The zero-order chi connectivity index (χ0) is 14.5. The fourth-order valence-corrected chi connectivity index (χ4v) is 4.29. The van der Waals surface area contributed by atoms with Crippen molar-refractivity contribution in [3.63, 3.8) is 0 Å². The summed E-state index contributed by atoms with van der Waals surface area (Å²) in [6.45, 7) is 3.30. The maximum Gasteiger partial charge on any atom is 0.0640 e. The number of nitrogens with zero attached hydrogens (tertiary/aromatic N) is 2. The molecule has 1 atom stereocenters. The molecule has 0 saturated heterocycles. The first-order valence-corrected chi connectivity index (χ1v) is 9.14. The van der Waals surface area contributed by atoms with Crippen LogP contribution in [0.3, 0.4) is 0 Å². The van der Waals surface area contributed by atoms with Crippen LogP contribution in [0.2, 0.25) is 0 Å². The summed E-state index contributed by atoms with van der Waals surface area (Å²) in [6.07, 6.45) is 15.8. The van der Waals surface area contributed by atoms with Crippen molar-refractivity contribution in [2.75, 3.05) is 6.54 Å². The van der Waals surface area contributed by atoms with Gasteiger partial charge in [-0.05, 0) is 44.2 Å². The van der Waals surface area contributed by atoms with E-state index in [0.29, 0.717) is 12.1 Å². The monoisotopic (exact) mass is 289 g/mol. The van der Waals surface area contributed by atoms with Crippen LogP contribution in [0, 0.1) is 5.92 Å². The first kappa shape index (κ1) is 15.1. The van der Waals surface area contributed by atoms with Gasteiger partial charge in [0.05, 0.1) is 11.7 Å². The van der Waals surface area contributed by atoms with Gasteiger partial charge in [0.15, 0.2) is 0 Å². The molecule has 1 aromatic rings. The Bertz CT molecular complexity index is 414. The second-order valence-corrected chi connectivity index (χ2v) is 6.99. The zero-order valence-electron chi connectivity index (χ0n) is 13.6. The van der Waals surface area contributed by atoms with Gasteiger partial charge in [0.25, 0.3) is 0 Å². The highest BCUT2D eigenvalue weighted by molar-refractivity contribution is 5.04. The number of rotatable bonds is 6. The molecule has 0 amide bonds. The molecule has 0 spiro atoms. The second kappa shape index (κ2) is 7.44. The highest BCUT2D eigenvalue weighted by Crippen LogP contribution is 2.30. The molecule has 2 aliphatic carbocycles. The molecule has 3 nitrogen and oxygen atoms in total. The molecular weight excluding hydrogens is 258 g/mol. The van der Waals surface area contributed by atoms with Gasteiger partial charge in [-0.2, -0.15) is 5.10 Å². The molecule has 0 bridgehead atoms. The molecule has 1 unspecified atom stereocenters. The second-order valence-electron chi connectivity index (χ2n) is 6.99. The third kappa shape index (κ3) is 3.88. The lowest BCUT2D eigenvalue weighted by molar-refractivity contribution is 0.324. The molecule has 2 aliphatic rings. The minimum Gasteiger partial charge on any atom is -0.314 e. The van der Waals surface area contributed by atoms with E-state index in [1.807, 2.05) is 0 Å². The predicted molar refractivity (Wildman–Crippen MR) is 87.5 cm³/mol. The lowest BCUT2D eigenvalue weighted by atomic mass is 9.94. The average Bonchev–Trinajstić information content (AvgIpc) is 3.19. The van der Waals surface area contributed by atoms with Gasteiger partial charge in [-0.1, -0.05) is 39.0 Å². The van der Waals surface area contributed by atoms with Gasteiger partial charge >= 0.3 is 0 Å². The standard InChI is InChI=1S/C18H31N3/c1-2-19-18(15-8-6-7-9-15)14-16-12-13-21(20-16)17-10-4-3-5-11-17/h12-13,15,17-19H,2-11,14H2,1H3. The molecule has 21 heavy (non-hydrogen) atoms. The van der Waals surface area contributed by atoms with Gasteiger partial charge in [-0.15, -0.1) is 0 Å². The van der Waals surface area contributed by atoms with Crippen LogP contribution in [0.5, 0.6) is 0 Å². The minimum absolute atomic E-state index is 0.632. The summed E-state index contributed by atoms with van der Waals surface area (Å²) in [5.41, 5.74) is 1.29. The Morgan fingerprint density at radius 1 is 1.14 bits per heavy atom. The lowest BCUT2D eigenvalue weighted by Gasteiger charge is -2.24. The van der Waals surface area contributed by atoms with E-state index < -0.39 is 0 Å². The zero-order valence-corrected chi connectivity index (χ0v) is 13.6. The maximum atomic E-state index is 4.90. The molecule has 1 N–H and O–H groups in total. The van der Waals surface area contributed by atoms with E-state index in [2.05, 4.69) is 29.2 Å². The van der Waals surface area contributed by atoms with E-state index >= 15 is 0 Å². The van der Waals surface area contributed by atoms with E-state index in [0.717, 1.165) is 18.9 Å². The Hall–Kier alpha value is -0.830. The van der Waals surface area contributed by atoms with Gasteiger partial charge in [0.1, 0.15) is 0 Å². The van der Waals surface area contributed by atoms with Crippen molar-refractivity contribution in [1.82, 2.24) is 15.1 Å². The molecule has 0 radical (unpaired) electrons. The molecular formula is C18H31N3. The normalized spacial score (nSPS) is 22.7. The summed E-state index contributed by atoms with van der Waals surface area (Å²) in [6, 6.07) is 3.55. The molecule has 0 aromatic carbocycles. The Balaban J connectivity index is 1.61. The highest BCUT2D eigenvalue weighted by atomic mass is 15.3. The van der Waals surface area contributed by atoms with Gasteiger partial charge in [-0.25, -0.2) is 0 Å². The summed E-state index contributed by atoms with van der Waals surface area (Å²) < 4.78 is 2.26. The van der Waals surface area contributed by atoms with Crippen molar-refractivity contribution in [1.29, 1.82) is 0 Å². The van der Waals surface area contributed by atoms with E-state index in [-0.39, 0.29) is 0 Å². The molecule has 118 valence electrons. The van der Waals surface area contributed by atoms with Crippen LogP contribution in [0.25, 0.3) is 0 Å². The average molecular weight is 289 g/mol. The summed E-state index contributed by atoms with van der Waals surface area (Å²) in [7, 11) is 0. The smallest absolute Gasteiger partial charge is 0.0640 e. The largest absolute Gasteiger partial charge is 0.314 e. The SMILES string of the molecule is CCNC(Cc1ccn(C2CCCCC2)n1)C1CCCC1. The minimum atomic E-state index is 0.632. The highest BCUT2D eigenvalue weighted by Gasteiger charge is 2.25. The molecule has 0 aliphatic heterocycles. The fraction of sp³-hybridized carbons (Fsp3) is 0.833. The van der Waals surface area contributed by atoms with Crippen molar-refractivity contribution in [3.05, 3.63) is 18.0 Å². The molecule has 2 fully saturated rings. The van der Waals surface area contributed by atoms with Gasteiger partial charge in [0, 0.05) is 18.7 Å². The summed E-state index contributed by atoms with van der Waals surface area (Å²) in [4.78, 5) is 0. The number of aromatic nitrogens is 2. The Morgan fingerprint density at radius 2 is 1.86 bits per heavy atom. The number of hydrogen-bond acceptors (Lipinski definition) is 2. The van der Waals surface area contributed by atoms with Crippen LogP contribution >= 0.6 is 0 Å². The lowest BCUT2D eigenvalue weighted by Crippen LogP contribution is -2.37. The van der Waals surface area contributed by atoms with Gasteiger partial charge in [0.2, 0.25) is 0 Å². The van der Waals surface area contributed by atoms with Crippen LogP contribution in [0.4, 0.5) is 0 Å². The van der Waals surface area contributed by atoms with Crippen molar-refractivity contribution >= 4 is 0 Å². The van der Waals surface area contributed by atoms with Crippen molar-refractivity contribution < 1.29 is 0 Å². The van der Waals surface area contributed by atoms with Crippen molar-refractivity contribution in [2.45, 2.75) is 83.2 Å². The van der Waals surface area contributed by atoms with Gasteiger partial charge in [-0.3, -0.25) is 4.68 Å². The van der Waals surface area contributed by atoms with E-state index in [9.17, 15) is 0 Å². The number of hydrogen-bond donors (Lipinski definition) is 1. The van der Waals surface area contributed by atoms with E-state index in [4.69, 9.17) is 5.10 Å². The first-order valence-electron chi connectivity index (χ1n) is 9.14. The van der Waals surface area contributed by atoms with Crippen LogP contribution in [-0.4, -0.2) is 22.4 Å². The van der Waals surface area contributed by atoms with Crippen molar-refractivity contribution in [2.24, 2.45) is 5.92 Å². The molecule has 1 heterocycles. The molecule has 3 rings (SSSR count). The van der Waals surface area contributed by atoms with Crippen LogP contribution in [0.1, 0.15) is 76.4 Å². The predicted octanol–water partition coefficient (Wildman–Crippen LogP) is 4.10. The first-order chi connectivity index (χ1) is 10.4. The summed E-state index contributed by atoms with van der Waals surface area (Å²) in [5, 5.41) is 8.62. The number of nitrogens with one attached hydrogen (secondary N) is 1. The van der Waals surface area contributed by atoms with Crippen LogP contribution < -0.4 is 5.32 Å². The summed E-state index contributed by atoms with van der Waals surface area (Å²) in [5.74, 6) is 0.866. The van der Waals surface area contributed by atoms with Crippen LogP contribution in [0.15, 0.2) is 12.3 Å². The van der Waals surface area contributed by atoms with Crippen molar-refractivity contribution in [3.8, 4) is 0 Å². The third-order valence-corrected chi connectivity index (χ3v) is 5.48. The quantitative estimate of drug-likeness (QED) is 0.854. The van der Waals surface area contributed by atoms with Crippen LogP contribution in [-0.2, 0) is 6.42 Å².